The van der Waals surface area contributed by atoms with E-state index in [0.717, 1.165) is 31.6 Å². The van der Waals surface area contributed by atoms with E-state index in [9.17, 15) is 24.8 Å². The fourth-order valence-corrected chi connectivity index (χ4v) is 3.97. The predicted octanol–water partition coefficient (Wildman–Crippen LogP) is -0.199. The van der Waals surface area contributed by atoms with Crippen LogP contribution in [0.2, 0.25) is 0 Å². The Kier molecular flexibility index (Phi) is 5.91. The number of aliphatic hydroxyl groups is 4. The summed E-state index contributed by atoms with van der Waals surface area (Å²) in [6, 6.07) is 6.04. The number of benzene rings is 1. The van der Waals surface area contributed by atoms with Gasteiger partial charge < -0.3 is 25.3 Å². The second-order valence-corrected chi connectivity index (χ2v) is 7.16. The summed E-state index contributed by atoms with van der Waals surface area (Å²) in [6.45, 7) is 2.28. The van der Waals surface area contributed by atoms with Crippen molar-refractivity contribution in [3.05, 3.63) is 30.1 Å². The first-order chi connectivity index (χ1) is 12.0. The number of halogens is 1. The summed E-state index contributed by atoms with van der Waals surface area (Å²) < 4.78 is 13.4. The van der Waals surface area contributed by atoms with Gasteiger partial charge in [0.15, 0.2) is 0 Å². The maximum atomic E-state index is 13.4. The number of anilines is 1. The molecule has 0 aromatic heterocycles. The normalized spacial score (nSPS) is 32.1. The minimum Gasteiger partial charge on any atom is -0.395 e. The molecule has 2 aliphatic rings. The van der Waals surface area contributed by atoms with Gasteiger partial charge in [-0.3, -0.25) is 4.90 Å². The first kappa shape index (κ1) is 18.5. The highest BCUT2D eigenvalue weighted by molar-refractivity contribution is 5.46. The van der Waals surface area contributed by atoms with Gasteiger partial charge in [-0.1, -0.05) is 6.07 Å². The Morgan fingerprint density at radius 3 is 2.44 bits per heavy atom. The van der Waals surface area contributed by atoms with E-state index < -0.39 is 24.4 Å². The Bertz CT molecular complexity index is 568. The zero-order chi connectivity index (χ0) is 18.0. The van der Waals surface area contributed by atoms with E-state index in [4.69, 9.17) is 0 Å². The van der Waals surface area contributed by atoms with E-state index in [1.165, 1.54) is 6.07 Å². The molecular weight excluding hydrogens is 327 g/mol. The Morgan fingerprint density at radius 1 is 1.08 bits per heavy atom. The summed E-state index contributed by atoms with van der Waals surface area (Å²) in [6.07, 6.45) is -1.55. The SMILES string of the molecule is OC[C@@H]1[C@@H](O)[C@H](O)[C@@H](O)CN1CC1CCN(c2cccc(F)c2)CC1. The third kappa shape index (κ3) is 4.12. The third-order valence-electron chi connectivity index (χ3n) is 5.50. The molecule has 0 amide bonds. The Morgan fingerprint density at radius 2 is 1.80 bits per heavy atom. The van der Waals surface area contributed by atoms with Crippen molar-refractivity contribution in [1.82, 2.24) is 4.90 Å². The van der Waals surface area contributed by atoms with Crippen molar-refractivity contribution in [2.45, 2.75) is 37.2 Å². The number of nitrogens with zero attached hydrogens (tertiary/aromatic N) is 2. The van der Waals surface area contributed by atoms with Gasteiger partial charge in [-0.15, -0.1) is 0 Å². The molecule has 6 nitrogen and oxygen atoms in total. The maximum Gasteiger partial charge on any atom is 0.125 e. The summed E-state index contributed by atoms with van der Waals surface area (Å²) in [7, 11) is 0. The minimum absolute atomic E-state index is 0.236. The van der Waals surface area contributed by atoms with Gasteiger partial charge in [0.25, 0.3) is 0 Å². The van der Waals surface area contributed by atoms with Crippen molar-refractivity contribution < 1.29 is 24.8 Å². The van der Waals surface area contributed by atoms with E-state index in [2.05, 4.69) is 4.90 Å². The Labute approximate surface area is 147 Å². The van der Waals surface area contributed by atoms with Crippen LogP contribution in [0, 0.1) is 11.7 Å². The predicted molar refractivity (Wildman–Crippen MR) is 91.8 cm³/mol. The fourth-order valence-electron chi connectivity index (χ4n) is 3.97. The summed E-state index contributed by atoms with van der Waals surface area (Å²) in [5.41, 5.74) is 0.888. The van der Waals surface area contributed by atoms with Crippen LogP contribution in [0.15, 0.2) is 24.3 Å². The third-order valence-corrected chi connectivity index (χ3v) is 5.50. The molecule has 1 aromatic carbocycles. The molecule has 0 spiro atoms. The molecule has 25 heavy (non-hydrogen) atoms. The highest BCUT2D eigenvalue weighted by atomic mass is 19.1. The fraction of sp³-hybridized carbons (Fsp3) is 0.667. The second-order valence-electron chi connectivity index (χ2n) is 7.16. The number of hydrogen-bond donors (Lipinski definition) is 4. The van der Waals surface area contributed by atoms with Crippen LogP contribution >= 0.6 is 0 Å². The van der Waals surface area contributed by atoms with Crippen molar-refractivity contribution in [1.29, 1.82) is 0 Å². The lowest BCUT2D eigenvalue weighted by Gasteiger charge is -2.45. The number of piperidine rings is 2. The van der Waals surface area contributed by atoms with Crippen molar-refractivity contribution >= 4 is 5.69 Å². The average Bonchev–Trinajstić information content (AvgIpc) is 2.61. The molecule has 0 saturated carbocycles. The highest BCUT2D eigenvalue weighted by Gasteiger charge is 2.41. The Balaban J connectivity index is 1.56. The topological polar surface area (TPSA) is 87.4 Å². The smallest absolute Gasteiger partial charge is 0.125 e. The first-order valence-corrected chi connectivity index (χ1v) is 8.89. The average molecular weight is 354 g/mol. The maximum absolute atomic E-state index is 13.4. The monoisotopic (exact) mass is 354 g/mol. The van der Waals surface area contributed by atoms with Crippen LogP contribution in [0.3, 0.4) is 0 Å². The largest absolute Gasteiger partial charge is 0.395 e. The van der Waals surface area contributed by atoms with E-state index in [1.807, 2.05) is 11.0 Å². The van der Waals surface area contributed by atoms with Crippen LogP contribution in [0.4, 0.5) is 10.1 Å². The molecule has 0 aliphatic carbocycles. The quantitative estimate of drug-likeness (QED) is 0.599. The zero-order valence-corrected chi connectivity index (χ0v) is 14.2. The van der Waals surface area contributed by atoms with Crippen LogP contribution in [-0.4, -0.2) is 82.5 Å². The van der Waals surface area contributed by atoms with E-state index in [0.29, 0.717) is 12.5 Å². The number of aliphatic hydroxyl groups excluding tert-OH is 4. The molecule has 1 aromatic rings. The van der Waals surface area contributed by atoms with Gasteiger partial charge in [-0.05, 0) is 37.0 Å². The van der Waals surface area contributed by atoms with Crippen LogP contribution in [0.1, 0.15) is 12.8 Å². The second kappa shape index (κ2) is 7.97. The molecule has 0 radical (unpaired) electrons. The summed E-state index contributed by atoms with van der Waals surface area (Å²) in [5.74, 6) is 0.133. The summed E-state index contributed by atoms with van der Waals surface area (Å²) in [4.78, 5) is 4.04. The van der Waals surface area contributed by atoms with Gasteiger partial charge >= 0.3 is 0 Å². The Hall–Kier alpha value is -1.25. The van der Waals surface area contributed by atoms with Crippen molar-refractivity contribution in [2.24, 2.45) is 5.92 Å². The van der Waals surface area contributed by atoms with Gasteiger partial charge in [0.1, 0.15) is 18.0 Å². The minimum atomic E-state index is -1.22. The van der Waals surface area contributed by atoms with Gasteiger partial charge in [-0.25, -0.2) is 4.39 Å². The van der Waals surface area contributed by atoms with Gasteiger partial charge in [-0.2, -0.15) is 0 Å². The number of hydrogen-bond acceptors (Lipinski definition) is 6. The lowest BCUT2D eigenvalue weighted by atomic mass is 9.90. The van der Waals surface area contributed by atoms with E-state index in [1.54, 1.807) is 12.1 Å². The molecule has 2 heterocycles. The molecule has 4 atom stereocenters. The number of β-amino-alcohol motifs (C(OH)–C–C–N with tert-alkyl or cyclic N) is 1. The van der Waals surface area contributed by atoms with Gasteiger partial charge in [0, 0.05) is 31.9 Å². The number of rotatable bonds is 4. The van der Waals surface area contributed by atoms with Crippen molar-refractivity contribution in [3.63, 3.8) is 0 Å². The molecular formula is C18H27FN2O4. The zero-order valence-electron chi connectivity index (χ0n) is 14.2. The molecule has 2 aliphatic heterocycles. The molecule has 4 N–H and O–H groups in total. The molecule has 7 heteroatoms. The lowest BCUT2D eigenvalue weighted by molar-refractivity contribution is -0.147. The summed E-state index contributed by atoms with van der Waals surface area (Å²) >= 11 is 0. The van der Waals surface area contributed by atoms with Crippen LogP contribution in [0.25, 0.3) is 0 Å². The lowest BCUT2D eigenvalue weighted by Crippen LogP contribution is -2.63. The molecule has 2 fully saturated rings. The molecule has 2 saturated heterocycles. The van der Waals surface area contributed by atoms with E-state index >= 15 is 0 Å². The molecule has 0 bridgehead atoms. The summed E-state index contributed by atoms with van der Waals surface area (Å²) in [5, 5.41) is 39.3. The van der Waals surface area contributed by atoms with Crippen molar-refractivity contribution in [2.75, 3.05) is 37.7 Å². The van der Waals surface area contributed by atoms with Crippen LogP contribution in [0.5, 0.6) is 0 Å². The highest BCUT2D eigenvalue weighted by Crippen LogP contribution is 2.27. The molecule has 3 rings (SSSR count). The van der Waals surface area contributed by atoms with Gasteiger partial charge in [0.2, 0.25) is 0 Å². The molecule has 0 unspecified atom stereocenters. The number of likely N-dealkylation sites (tertiary alicyclic amines) is 1. The standard InChI is InChI=1S/C18H27FN2O4/c19-13-2-1-3-14(8-13)20-6-4-12(5-7-20)9-21-10-16(23)18(25)17(24)15(21)11-22/h1-3,8,12,15-18,22-25H,4-7,9-11H2/t15-,16+,17-,18-/m1/s1. The van der Waals surface area contributed by atoms with Crippen molar-refractivity contribution in [3.8, 4) is 0 Å². The first-order valence-electron chi connectivity index (χ1n) is 8.89. The van der Waals surface area contributed by atoms with Gasteiger partial charge in [0.05, 0.1) is 18.8 Å². The van der Waals surface area contributed by atoms with Crippen LogP contribution in [-0.2, 0) is 0 Å². The van der Waals surface area contributed by atoms with E-state index in [-0.39, 0.29) is 19.0 Å². The van der Waals surface area contributed by atoms with Crippen LogP contribution < -0.4 is 4.90 Å². The molecule has 140 valence electrons.